The van der Waals surface area contributed by atoms with Crippen LogP contribution in [0.1, 0.15) is 18.4 Å². The zero-order valence-electron chi connectivity index (χ0n) is 8.59. The van der Waals surface area contributed by atoms with E-state index in [1.54, 1.807) is 0 Å². The van der Waals surface area contributed by atoms with Gasteiger partial charge in [-0.2, -0.15) is 0 Å². The Bertz CT molecular complexity index is 405. The Hall–Kier alpha value is -1.65. The fourth-order valence-electron chi connectivity index (χ4n) is 1.30. The molecule has 1 aliphatic rings. The van der Waals surface area contributed by atoms with E-state index in [-0.39, 0.29) is 24.2 Å². The van der Waals surface area contributed by atoms with Crippen LogP contribution in [0.3, 0.4) is 0 Å². The van der Waals surface area contributed by atoms with Crippen LogP contribution in [-0.4, -0.2) is 12.1 Å². The standard InChI is InChI=1S/C11H12F2N2O/c12-8-2-1-7(10(13)5-8)6-14-11(16)15-9-3-4-9/h1-2,5,9H,3-4,6H2,(H2,14,15,16). The van der Waals surface area contributed by atoms with Crippen LogP contribution in [0, 0.1) is 11.6 Å². The first-order chi connectivity index (χ1) is 7.65. The van der Waals surface area contributed by atoms with Gasteiger partial charge in [0.05, 0.1) is 0 Å². The van der Waals surface area contributed by atoms with Crippen molar-refractivity contribution < 1.29 is 13.6 Å². The molecule has 0 aromatic heterocycles. The monoisotopic (exact) mass is 226 g/mol. The number of hydrogen-bond acceptors (Lipinski definition) is 1. The summed E-state index contributed by atoms with van der Waals surface area (Å²) in [7, 11) is 0. The summed E-state index contributed by atoms with van der Waals surface area (Å²) in [6, 6.07) is 3.24. The summed E-state index contributed by atoms with van der Waals surface area (Å²) < 4.78 is 25.8. The molecule has 1 aromatic carbocycles. The lowest BCUT2D eigenvalue weighted by molar-refractivity contribution is 0.240. The van der Waals surface area contributed by atoms with Crippen LogP contribution in [0.25, 0.3) is 0 Å². The number of hydrogen-bond donors (Lipinski definition) is 2. The lowest BCUT2D eigenvalue weighted by Gasteiger charge is -2.07. The lowest BCUT2D eigenvalue weighted by Crippen LogP contribution is -2.36. The first-order valence-electron chi connectivity index (χ1n) is 5.13. The van der Waals surface area contributed by atoms with E-state index in [1.165, 1.54) is 12.1 Å². The summed E-state index contributed by atoms with van der Waals surface area (Å²) in [5.74, 6) is -1.27. The van der Waals surface area contributed by atoms with Gasteiger partial charge < -0.3 is 10.6 Å². The van der Waals surface area contributed by atoms with Crippen molar-refractivity contribution >= 4 is 6.03 Å². The van der Waals surface area contributed by atoms with Gasteiger partial charge in [0.15, 0.2) is 0 Å². The van der Waals surface area contributed by atoms with Gasteiger partial charge in [-0.3, -0.25) is 0 Å². The van der Waals surface area contributed by atoms with Crippen molar-refractivity contribution in [1.29, 1.82) is 0 Å². The normalized spacial score (nSPS) is 14.6. The molecular weight excluding hydrogens is 214 g/mol. The van der Waals surface area contributed by atoms with E-state index >= 15 is 0 Å². The van der Waals surface area contributed by atoms with Gasteiger partial charge in [0.25, 0.3) is 0 Å². The highest BCUT2D eigenvalue weighted by molar-refractivity contribution is 5.74. The second kappa shape index (κ2) is 4.47. The molecule has 1 aromatic rings. The van der Waals surface area contributed by atoms with E-state index in [0.717, 1.165) is 18.9 Å². The van der Waals surface area contributed by atoms with Gasteiger partial charge in [-0.25, -0.2) is 13.6 Å². The Morgan fingerprint density at radius 3 is 2.75 bits per heavy atom. The molecule has 0 radical (unpaired) electrons. The number of carbonyl (C=O) groups is 1. The molecule has 0 unspecified atom stereocenters. The van der Waals surface area contributed by atoms with Crippen LogP contribution in [0.15, 0.2) is 18.2 Å². The Labute approximate surface area is 91.8 Å². The van der Waals surface area contributed by atoms with Crippen LogP contribution in [0.5, 0.6) is 0 Å². The molecule has 16 heavy (non-hydrogen) atoms. The minimum absolute atomic E-state index is 0.0602. The SMILES string of the molecule is O=C(NCc1ccc(F)cc1F)NC1CC1. The number of urea groups is 1. The predicted octanol–water partition coefficient (Wildman–Crippen LogP) is 1.93. The lowest BCUT2D eigenvalue weighted by atomic mass is 10.2. The van der Waals surface area contributed by atoms with E-state index < -0.39 is 11.6 Å². The van der Waals surface area contributed by atoms with Crippen molar-refractivity contribution in [3.63, 3.8) is 0 Å². The van der Waals surface area contributed by atoms with Gasteiger partial charge in [0.1, 0.15) is 11.6 Å². The van der Waals surface area contributed by atoms with E-state index in [2.05, 4.69) is 10.6 Å². The minimum Gasteiger partial charge on any atom is -0.335 e. The van der Waals surface area contributed by atoms with E-state index in [0.29, 0.717) is 0 Å². The van der Waals surface area contributed by atoms with Crippen LogP contribution >= 0.6 is 0 Å². The second-order valence-electron chi connectivity index (χ2n) is 3.84. The molecule has 0 bridgehead atoms. The third-order valence-corrected chi connectivity index (χ3v) is 2.37. The highest BCUT2D eigenvalue weighted by atomic mass is 19.1. The maximum atomic E-state index is 13.2. The molecular formula is C11H12F2N2O. The number of amides is 2. The van der Waals surface area contributed by atoms with Gasteiger partial charge in [-0.05, 0) is 18.9 Å². The molecule has 0 heterocycles. The topological polar surface area (TPSA) is 41.1 Å². The summed E-state index contributed by atoms with van der Waals surface area (Å²) in [6.07, 6.45) is 2.00. The van der Waals surface area contributed by atoms with Crippen LogP contribution < -0.4 is 10.6 Å². The molecule has 0 aliphatic heterocycles. The number of benzene rings is 1. The fourth-order valence-corrected chi connectivity index (χ4v) is 1.30. The summed E-state index contributed by atoms with van der Waals surface area (Å²) in [4.78, 5) is 11.2. The van der Waals surface area contributed by atoms with Crippen LogP contribution in [-0.2, 0) is 6.54 Å². The maximum Gasteiger partial charge on any atom is 0.315 e. The van der Waals surface area contributed by atoms with Gasteiger partial charge in [0, 0.05) is 24.2 Å². The van der Waals surface area contributed by atoms with Crippen molar-refractivity contribution in [3.05, 3.63) is 35.4 Å². The highest BCUT2D eigenvalue weighted by Gasteiger charge is 2.22. The smallest absolute Gasteiger partial charge is 0.315 e. The van der Waals surface area contributed by atoms with Crippen molar-refractivity contribution in [3.8, 4) is 0 Å². The predicted molar refractivity (Wildman–Crippen MR) is 54.8 cm³/mol. The average Bonchev–Trinajstić information content (AvgIpc) is 3.00. The average molecular weight is 226 g/mol. The first-order valence-corrected chi connectivity index (χ1v) is 5.13. The number of halogens is 2. The molecule has 1 fully saturated rings. The molecule has 0 spiro atoms. The Kier molecular flexibility index (Phi) is 3.03. The third kappa shape index (κ3) is 2.92. The van der Waals surface area contributed by atoms with Gasteiger partial charge in [-0.15, -0.1) is 0 Å². The Balaban J connectivity index is 1.85. The molecule has 2 amide bonds. The zero-order chi connectivity index (χ0) is 11.5. The second-order valence-corrected chi connectivity index (χ2v) is 3.84. The van der Waals surface area contributed by atoms with E-state index in [1.807, 2.05) is 0 Å². The molecule has 5 heteroatoms. The number of carbonyl (C=O) groups excluding carboxylic acids is 1. The van der Waals surface area contributed by atoms with Gasteiger partial charge in [-0.1, -0.05) is 6.07 Å². The van der Waals surface area contributed by atoms with Crippen molar-refractivity contribution in [2.24, 2.45) is 0 Å². The zero-order valence-corrected chi connectivity index (χ0v) is 8.59. The van der Waals surface area contributed by atoms with E-state index in [9.17, 15) is 13.6 Å². The number of rotatable bonds is 3. The molecule has 2 N–H and O–H groups in total. The largest absolute Gasteiger partial charge is 0.335 e. The Morgan fingerprint density at radius 1 is 1.38 bits per heavy atom. The van der Waals surface area contributed by atoms with Gasteiger partial charge in [0.2, 0.25) is 0 Å². The number of nitrogens with one attached hydrogen (secondary N) is 2. The molecule has 3 nitrogen and oxygen atoms in total. The molecule has 0 saturated heterocycles. The van der Waals surface area contributed by atoms with Crippen molar-refractivity contribution in [2.75, 3.05) is 0 Å². The molecule has 86 valence electrons. The van der Waals surface area contributed by atoms with Crippen LogP contribution in [0.2, 0.25) is 0 Å². The maximum absolute atomic E-state index is 13.2. The fraction of sp³-hybridized carbons (Fsp3) is 0.364. The molecule has 0 atom stereocenters. The van der Waals surface area contributed by atoms with Crippen molar-refractivity contribution in [1.82, 2.24) is 10.6 Å². The van der Waals surface area contributed by atoms with Crippen LogP contribution in [0.4, 0.5) is 13.6 Å². The summed E-state index contributed by atoms with van der Waals surface area (Å²) in [6.45, 7) is 0.0602. The van der Waals surface area contributed by atoms with Crippen molar-refractivity contribution in [2.45, 2.75) is 25.4 Å². The quantitative estimate of drug-likeness (QED) is 0.812. The first kappa shape index (κ1) is 10.9. The molecule has 2 rings (SSSR count). The minimum atomic E-state index is -0.647. The highest BCUT2D eigenvalue weighted by Crippen LogP contribution is 2.18. The molecule has 1 aliphatic carbocycles. The molecule has 1 saturated carbocycles. The third-order valence-electron chi connectivity index (χ3n) is 2.37. The Morgan fingerprint density at radius 2 is 2.12 bits per heavy atom. The van der Waals surface area contributed by atoms with Gasteiger partial charge >= 0.3 is 6.03 Å². The summed E-state index contributed by atoms with van der Waals surface area (Å²) in [5.41, 5.74) is 0.271. The summed E-state index contributed by atoms with van der Waals surface area (Å²) in [5, 5.41) is 5.23. The van der Waals surface area contributed by atoms with E-state index in [4.69, 9.17) is 0 Å². The summed E-state index contributed by atoms with van der Waals surface area (Å²) >= 11 is 0.